The van der Waals surface area contributed by atoms with Gasteiger partial charge in [0.25, 0.3) is 0 Å². The summed E-state index contributed by atoms with van der Waals surface area (Å²) in [4.78, 5) is 13.0. The zero-order valence-electron chi connectivity index (χ0n) is 25.3. The van der Waals surface area contributed by atoms with E-state index in [1.54, 1.807) is 0 Å². The van der Waals surface area contributed by atoms with E-state index in [0.29, 0.717) is 37.2 Å². The number of rotatable bonds is 5. The van der Waals surface area contributed by atoms with Crippen molar-refractivity contribution in [3.8, 4) is 0 Å². The van der Waals surface area contributed by atoms with Crippen LogP contribution in [0, 0.1) is 17.8 Å². The average molecular weight is 563 g/mol. The molecule has 0 spiro atoms. The van der Waals surface area contributed by atoms with Crippen LogP contribution in [0.1, 0.15) is 98.8 Å². The molecule has 3 rings (SSSR count). The molecule has 40 heavy (non-hydrogen) atoms. The van der Waals surface area contributed by atoms with Crippen molar-refractivity contribution in [2.75, 3.05) is 0 Å². The lowest BCUT2D eigenvalue weighted by molar-refractivity contribution is -0.161. The third-order valence-electron chi connectivity index (χ3n) is 9.16. The van der Waals surface area contributed by atoms with Crippen LogP contribution in [0.3, 0.4) is 0 Å². The van der Waals surface area contributed by atoms with Crippen molar-refractivity contribution in [2.45, 2.75) is 148 Å². The number of carbonyl (C=O) groups is 1. The first kappa shape index (κ1) is 33.0. The van der Waals surface area contributed by atoms with Crippen molar-refractivity contribution >= 4 is 5.97 Å². The summed E-state index contributed by atoms with van der Waals surface area (Å²) in [7, 11) is 0. The summed E-state index contributed by atoms with van der Waals surface area (Å²) >= 11 is 0. The van der Waals surface area contributed by atoms with E-state index < -0.39 is 30.3 Å². The maximum atomic E-state index is 13.0. The fourth-order valence-electron chi connectivity index (χ4n) is 6.20. The van der Waals surface area contributed by atoms with Crippen LogP contribution in [0.15, 0.2) is 36.0 Å². The highest BCUT2D eigenvalue weighted by Gasteiger charge is 2.44. The fourth-order valence-corrected chi connectivity index (χ4v) is 6.20. The molecule has 4 bridgehead atoms. The van der Waals surface area contributed by atoms with Crippen molar-refractivity contribution in [3.63, 3.8) is 0 Å². The van der Waals surface area contributed by atoms with Gasteiger partial charge in [-0.1, -0.05) is 58.1 Å². The summed E-state index contributed by atoms with van der Waals surface area (Å²) < 4.78 is 18.6. The fraction of sp³-hybridized carbons (Fsp3) is 0.788. The summed E-state index contributed by atoms with van der Waals surface area (Å²) in [5.41, 5.74) is 1.75. The summed E-state index contributed by atoms with van der Waals surface area (Å²) in [6.45, 7) is 13.9. The molecule has 0 aliphatic carbocycles. The quantitative estimate of drug-likeness (QED) is 0.304. The smallest absolute Gasteiger partial charge is 0.309 e. The molecule has 228 valence electrons. The van der Waals surface area contributed by atoms with Crippen LogP contribution < -0.4 is 0 Å². The van der Waals surface area contributed by atoms with Crippen molar-refractivity contribution in [1.82, 2.24) is 0 Å². The third-order valence-corrected chi connectivity index (χ3v) is 9.16. The molecule has 0 unspecified atom stereocenters. The lowest BCUT2D eigenvalue weighted by Crippen LogP contribution is -2.39. The molecule has 11 atom stereocenters. The first-order valence-corrected chi connectivity index (χ1v) is 15.6. The van der Waals surface area contributed by atoms with Crippen molar-refractivity contribution < 1.29 is 34.3 Å². The van der Waals surface area contributed by atoms with E-state index in [-0.39, 0.29) is 36.3 Å². The molecule has 7 heteroatoms. The predicted octanol–water partition coefficient (Wildman–Crippen LogP) is 5.42. The molecule has 0 radical (unpaired) electrons. The van der Waals surface area contributed by atoms with Crippen LogP contribution in [0.2, 0.25) is 0 Å². The number of aliphatic hydroxyl groups excluding tert-OH is 3. The summed E-state index contributed by atoms with van der Waals surface area (Å²) in [6.07, 6.45) is 10.4. The van der Waals surface area contributed by atoms with E-state index in [9.17, 15) is 20.1 Å². The number of ether oxygens (including phenoxy) is 3. The van der Waals surface area contributed by atoms with E-state index in [2.05, 4.69) is 38.7 Å². The number of aliphatic hydroxyl groups is 3. The Morgan fingerprint density at radius 1 is 1.10 bits per heavy atom. The van der Waals surface area contributed by atoms with Crippen molar-refractivity contribution in [2.24, 2.45) is 17.8 Å². The van der Waals surface area contributed by atoms with Crippen LogP contribution in [-0.4, -0.2) is 70.1 Å². The van der Waals surface area contributed by atoms with Crippen LogP contribution >= 0.6 is 0 Å². The number of cyclic esters (lactones) is 1. The number of hydrogen-bond acceptors (Lipinski definition) is 7. The number of esters is 1. The van der Waals surface area contributed by atoms with Crippen LogP contribution in [0.25, 0.3) is 0 Å². The van der Waals surface area contributed by atoms with Gasteiger partial charge in [-0.2, -0.15) is 0 Å². The van der Waals surface area contributed by atoms with Gasteiger partial charge in [-0.3, -0.25) is 4.79 Å². The van der Waals surface area contributed by atoms with Gasteiger partial charge in [0.05, 0.1) is 42.5 Å². The van der Waals surface area contributed by atoms with E-state index in [0.717, 1.165) is 38.5 Å². The van der Waals surface area contributed by atoms with Gasteiger partial charge >= 0.3 is 5.97 Å². The van der Waals surface area contributed by atoms with Gasteiger partial charge in [0, 0.05) is 12.3 Å². The molecule has 3 aliphatic heterocycles. The summed E-state index contributed by atoms with van der Waals surface area (Å²) in [6, 6.07) is 0. The minimum atomic E-state index is -0.948. The normalized spacial score (nSPS) is 39.2. The standard InChI is InChI=1S/C33H54O7/c1-7-26(34)23(5)24(6)31(36)28-16-12-13-20(2)17-29-22(4)18-30(39-29)32-27(35)19-25(38-32)15-11-9-8-10-14-21(3)33(37)40-28/h8-9,17,21-22,24-32,34-36H,5,7,10-16,18-19H2,1-4,6H3/b9-8+,20-17+/t21-,22+,24-,25-,26-,27+,28+,29-,30-,31-,32-/m1/s1. The molecule has 0 aromatic carbocycles. The highest BCUT2D eigenvalue weighted by Crippen LogP contribution is 2.37. The SMILES string of the molecule is C=C([C@H](O)CC)[C@@H](C)[C@@H](O)[C@@H]1CCC/C(C)=C/[C@H]2O[C@H](C[C@@H]2C)[C@@H]2O[C@H](CC/C=C/CC[C@@H](C)C(=O)O1)C[C@@H]2O. The van der Waals surface area contributed by atoms with Gasteiger partial charge in [-0.25, -0.2) is 0 Å². The minimum Gasteiger partial charge on any atom is -0.459 e. The topological polar surface area (TPSA) is 105 Å². The van der Waals surface area contributed by atoms with Crippen LogP contribution in [0.4, 0.5) is 0 Å². The number of hydrogen-bond donors (Lipinski definition) is 3. The maximum absolute atomic E-state index is 13.0. The highest BCUT2D eigenvalue weighted by molar-refractivity contribution is 5.72. The molecule has 3 heterocycles. The van der Waals surface area contributed by atoms with Gasteiger partial charge in [0.2, 0.25) is 0 Å². The zero-order chi connectivity index (χ0) is 29.4. The Balaban J connectivity index is 1.74. The second-order valence-electron chi connectivity index (χ2n) is 12.6. The zero-order valence-corrected chi connectivity index (χ0v) is 25.3. The Morgan fingerprint density at radius 3 is 2.50 bits per heavy atom. The van der Waals surface area contributed by atoms with Gasteiger partial charge in [-0.05, 0) is 76.2 Å². The Hall–Kier alpha value is -1.51. The van der Waals surface area contributed by atoms with E-state index in [1.165, 1.54) is 5.57 Å². The van der Waals surface area contributed by atoms with Gasteiger partial charge in [-0.15, -0.1) is 0 Å². The van der Waals surface area contributed by atoms with Gasteiger partial charge in [0.15, 0.2) is 0 Å². The van der Waals surface area contributed by atoms with Crippen LogP contribution in [-0.2, 0) is 19.0 Å². The Kier molecular flexibility index (Phi) is 12.9. The van der Waals surface area contributed by atoms with E-state index in [4.69, 9.17) is 14.2 Å². The molecule has 0 saturated carbocycles. The predicted molar refractivity (Wildman–Crippen MR) is 157 cm³/mol. The Bertz CT molecular complexity index is 882. The number of fused-ring (bicyclic) bond motifs is 5. The number of carbonyl (C=O) groups excluding carboxylic acids is 1. The summed E-state index contributed by atoms with van der Waals surface area (Å²) in [5, 5.41) is 32.2. The maximum Gasteiger partial charge on any atom is 0.309 e. The molecule has 0 aromatic heterocycles. The molecule has 7 nitrogen and oxygen atoms in total. The molecule has 3 aliphatic rings. The lowest BCUT2D eigenvalue weighted by atomic mass is 9.87. The molecule has 0 amide bonds. The van der Waals surface area contributed by atoms with Crippen LogP contribution in [0.5, 0.6) is 0 Å². The first-order valence-electron chi connectivity index (χ1n) is 15.6. The van der Waals surface area contributed by atoms with E-state index in [1.807, 2.05) is 20.8 Å². The Morgan fingerprint density at radius 2 is 1.80 bits per heavy atom. The summed E-state index contributed by atoms with van der Waals surface area (Å²) in [5.74, 6) is -0.680. The lowest BCUT2D eigenvalue weighted by Gasteiger charge is -2.31. The first-order chi connectivity index (χ1) is 19.0. The Labute approximate surface area is 241 Å². The number of allylic oxidation sites excluding steroid dienone is 3. The highest BCUT2D eigenvalue weighted by atomic mass is 16.6. The van der Waals surface area contributed by atoms with Crippen molar-refractivity contribution in [3.05, 3.63) is 36.0 Å². The molecule has 2 fully saturated rings. The van der Waals surface area contributed by atoms with Gasteiger partial charge in [0.1, 0.15) is 12.2 Å². The molecular weight excluding hydrogens is 508 g/mol. The largest absolute Gasteiger partial charge is 0.459 e. The molecule has 2 saturated heterocycles. The van der Waals surface area contributed by atoms with E-state index >= 15 is 0 Å². The van der Waals surface area contributed by atoms with Gasteiger partial charge < -0.3 is 29.5 Å². The molecular formula is C33H54O7. The molecule has 3 N–H and O–H groups in total. The second-order valence-corrected chi connectivity index (χ2v) is 12.6. The van der Waals surface area contributed by atoms with Crippen molar-refractivity contribution in [1.29, 1.82) is 0 Å². The monoisotopic (exact) mass is 562 g/mol. The average Bonchev–Trinajstić information content (AvgIpc) is 3.48. The molecule has 0 aromatic rings. The second kappa shape index (κ2) is 15.6. The minimum absolute atomic E-state index is 0.0307. The third kappa shape index (κ3) is 8.99.